The molecule has 6 heteroatoms. The summed E-state index contributed by atoms with van der Waals surface area (Å²) < 4.78 is 11.4. The molecular formula is C21H32O6. The summed E-state index contributed by atoms with van der Waals surface area (Å²) in [5.41, 5.74) is -1.36. The Morgan fingerprint density at radius 3 is 2.41 bits per heavy atom. The van der Waals surface area contributed by atoms with Gasteiger partial charge in [-0.2, -0.15) is 0 Å². The lowest BCUT2D eigenvalue weighted by Crippen LogP contribution is -2.73. The Kier molecular flexibility index (Phi) is 4.32. The van der Waals surface area contributed by atoms with Gasteiger partial charge in [-0.15, -0.1) is 0 Å². The van der Waals surface area contributed by atoms with Crippen LogP contribution in [0.5, 0.6) is 0 Å². The second kappa shape index (κ2) is 6.02. The van der Waals surface area contributed by atoms with Crippen molar-refractivity contribution in [3.05, 3.63) is 11.8 Å². The summed E-state index contributed by atoms with van der Waals surface area (Å²) in [6.07, 6.45) is -0.173. The first-order chi connectivity index (χ1) is 12.6. The van der Waals surface area contributed by atoms with Gasteiger partial charge in [0.15, 0.2) is 12.0 Å². The lowest BCUT2D eigenvalue weighted by atomic mass is 9.38. The highest BCUT2D eigenvalue weighted by Gasteiger charge is 2.72. The number of allylic oxidation sites excluding steroid dienone is 2. The van der Waals surface area contributed by atoms with Crippen LogP contribution in [0, 0.1) is 40.4 Å². The molecule has 27 heavy (non-hydrogen) atoms. The number of rotatable bonds is 1. The minimum atomic E-state index is -1.03. The molecule has 0 spiro atoms. The minimum absolute atomic E-state index is 0.0348. The summed E-state index contributed by atoms with van der Waals surface area (Å²) in [5.74, 6) is -0.416. The largest absolute Gasteiger partial charge is 0.493 e. The zero-order chi connectivity index (χ0) is 19.9. The van der Waals surface area contributed by atoms with Crippen LogP contribution >= 0.6 is 0 Å². The third kappa shape index (κ3) is 2.24. The molecule has 0 amide bonds. The molecule has 4 aliphatic rings. The van der Waals surface area contributed by atoms with E-state index < -0.39 is 35.2 Å². The fourth-order valence-electron chi connectivity index (χ4n) is 7.37. The average Bonchev–Trinajstić information content (AvgIpc) is 2.61. The fraction of sp³-hybridized carbons (Fsp3) is 0.857. The first kappa shape index (κ1) is 19.4. The fourth-order valence-corrected chi connectivity index (χ4v) is 7.37. The molecule has 0 bridgehead atoms. The number of carbonyl (C=O) groups excluding carboxylic acids is 1. The topological polar surface area (TPSA) is 96.2 Å². The molecule has 11 atom stereocenters. The number of hydrogen-bond acceptors (Lipinski definition) is 6. The van der Waals surface area contributed by atoms with Crippen molar-refractivity contribution < 1.29 is 29.6 Å². The molecule has 152 valence electrons. The summed E-state index contributed by atoms with van der Waals surface area (Å²) in [6, 6.07) is 0. The molecule has 0 radical (unpaired) electrons. The van der Waals surface area contributed by atoms with Crippen molar-refractivity contribution in [2.24, 2.45) is 40.4 Å². The predicted molar refractivity (Wildman–Crippen MR) is 97.2 cm³/mol. The number of aliphatic hydroxyl groups is 3. The highest BCUT2D eigenvalue weighted by atomic mass is 16.6. The maximum absolute atomic E-state index is 13.5. The van der Waals surface area contributed by atoms with Crippen LogP contribution in [-0.4, -0.2) is 52.8 Å². The third-order valence-corrected chi connectivity index (χ3v) is 8.67. The van der Waals surface area contributed by atoms with Crippen molar-refractivity contribution in [2.45, 2.75) is 65.1 Å². The zero-order valence-corrected chi connectivity index (χ0v) is 16.8. The third-order valence-electron chi connectivity index (χ3n) is 8.67. The highest BCUT2D eigenvalue weighted by Crippen LogP contribution is 2.68. The van der Waals surface area contributed by atoms with E-state index in [1.165, 1.54) is 7.11 Å². The van der Waals surface area contributed by atoms with Crippen molar-refractivity contribution in [3.8, 4) is 0 Å². The van der Waals surface area contributed by atoms with Crippen LogP contribution in [-0.2, 0) is 14.3 Å². The number of fused-ring (bicyclic) bond motifs is 2. The molecule has 3 aliphatic carbocycles. The van der Waals surface area contributed by atoms with Gasteiger partial charge in [-0.1, -0.05) is 27.7 Å². The van der Waals surface area contributed by atoms with Crippen LogP contribution in [0.15, 0.2) is 11.8 Å². The molecule has 1 heterocycles. The van der Waals surface area contributed by atoms with Crippen molar-refractivity contribution in [1.29, 1.82) is 0 Å². The normalized spacial score (nSPS) is 57.4. The molecule has 3 fully saturated rings. The van der Waals surface area contributed by atoms with E-state index in [-0.39, 0.29) is 35.6 Å². The van der Waals surface area contributed by atoms with Crippen LogP contribution in [0.4, 0.5) is 0 Å². The Morgan fingerprint density at radius 1 is 1.11 bits per heavy atom. The van der Waals surface area contributed by atoms with Gasteiger partial charge in [-0.05, 0) is 36.2 Å². The van der Waals surface area contributed by atoms with Gasteiger partial charge in [0.05, 0.1) is 25.4 Å². The number of ether oxygens (including phenoxy) is 2. The minimum Gasteiger partial charge on any atom is -0.493 e. The molecule has 0 aromatic rings. The number of hydrogen-bond donors (Lipinski definition) is 3. The van der Waals surface area contributed by atoms with Crippen molar-refractivity contribution in [2.75, 3.05) is 7.11 Å². The average molecular weight is 380 g/mol. The van der Waals surface area contributed by atoms with Gasteiger partial charge < -0.3 is 24.8 Å². The molecule has 4 rings (SSSR count). The van der Waals surface area contributed by atoms with Crippen molar-refractivity contribution in [1.82, 2.24) is 0 Å². The van der Waals surface area contributed by atoms with E-state index in [0.29, 0.717) is 18.6 Å². The predicted octanol–water partition coefficient (Wildman–Crippen LogP) is 1.48. The molecule has 2 saturated carbocycles. The SMILES string of the molecule is COC1=C[C@@H](C)[C@H]2C[C@H]3O[C@H](O)C[C@H]4[C@@H](C)[C@H](O)[C@@H](O)[C@H]([C@@]2(C)C1=O)[C@@]34C. The Bertz CT molecular complexity index is 676. The van der Waals surface area contributed by atoms with Gasteiger partial charge in [0.2, 0.25) is 5.78 Å². The van der Waals surface area contributed by atoms with E-state index in [1.807, 2.05) is 19.9 Å². The summed E-state index contributed by atoms with van der Waals surface area (Å²) in [4.78, 5) is 13.5. The van der Waals surface area contributed by atoms with Crippen LogP contribution in [0.3, 0.4) is 0 Å². The first-order valence-electron chi connectivity index (χ1n) is 10.1. The summed E-state index contributed by atoms with van der Waals surface area (Å²) in [5, 5.41) is 32.4. The maximum Gasteiger partial charge on any atom is 0.203 e. The van der Waals surface area contributed by atoms with Gasteiger partial charge >= 0.3 is 0 Å². The summed E-state index contributed by atoms with van der Waals surface area (Å²) in [6.45, 7) is 7.99. The number of ketones is 1. The van der Waals surface area contributed by atoms with Gasteiger partial charge in [-0.3, -0.25) is 4.79 Å². The van der Waals surface area contributed by atoms with E-state index in [0.717, 1.165) is 0 Å². The number of aliphatic hydroxyl groups excluding tert-OH is 3. The molecule has 1 saturated heterocycles. The van der Waals surface area contributed by atoms with Crippen molar-refractivity contribution in [3.63, 3.8) is 0 Å². The van der Waals surface area contributed by atoms with Crippen LogP contribution < -0.4 is 0 Å². The molecule has 3 N–H and O–H groups in total. The quantitative estimate of drug-likeness (QED) is 0.638. The first-order valence-corrected chi connectivity index (χ1v) is 10.1. The number of Topliss-reactive ketones (excluding diaryl/α,β-unsaturated/α-hetero) is 1. The summed E-state index contributed by atoms with van der Waals surface area (Å²) >= 11 is 0. The van der Waals surface area contributed by atoms with Gasteiger partial charge in [0.1, 0.15) is 0 Å². The monoisotopic (exact) mass is 380 g/mol. The van der Waals surface area contributed by atoms with Gasteiger partial charge in [-0.25, -0.2) is 0 Å². The Balaban J connectivity index is 1.91. The van der Waals surface area contributed by atoms with E-state index in [1.54, 1.807) is 0 Å². The van der Waals surface area contributed by atoms with Gasteiger partial charge in [0, 0.05) is 23.2 Å². The second-order valence-electron chi connectivity index (χ2n) is 9.65. The lowest BCUT2D eigenvalue weighted by molar-refractivity contribution is -0.325. The smallest absolute Gasteiger partial charge is 0.203 e. The van der Waals surface area contributed by atoms with Gasteiger partial charge in [0.25, 0.3) is 0 Å². The Morgan fingerprint density at radius 2 is 1.78 bits per heavy atom. The molecule has 0 aromatic carbocycles. The second-order valence-corrected chi connectivity index (χ2v) is 9.65. The molecular weight excluding hydrogens is 348 g/mol. The molecule has 0 unspecified atom stereocenters. The number of methoxy groups -OCH3 is 1. The Hall–Kier alpha value is -0.950. The van der Waals surface area contributed by atoms with E-state index in [9.17, 15) is 20.1 Å². The van der Waals surface area contributed by atoms with E-state index >= 15 is 0 Å². The van der Waals surface area contributed by atoms with Crippen LogP contribution in [0.2, 0.25) is 0 Å². The Labute approximate surface area is 160 Å². The molecule has 6 nitrogen and oxygen atoms in total. The van der Waals surface area contributed by atoms with Crippen LogP contribution in [0.25, 0.3) is 0 Å². The maximum atomic E-state index is 13.5. The highest BCUT2D eigenvalue weighted by molar-refractivity contribution is 5.99. The lowest BCUT2D eigenvalue weighted by Gasteiger charge is -2.69. The summed E-state index contributed by atoms with van der Waals surface area (Å²) in [7, 11) is 1.50. The standard InChI is InChI=1S/C21H32O6/c1-9-6-13(26-5)19(25)21(4)11(9)7-14-20(3)12(8-15(22)27-14)10(2)16(23)17(24)18(20)21/h6,9-12,14-18,22-24H,7-8H2,1-5H3/t9-,10-,11-,12+,14-,15+,16+,17-,18+,20-,21+/m1/s1. The van der Waals surface area contributed by atoms with E-state index in [4.69, 9.17) is 9.47 Å². The number of carbonyl (C=O) groups is 1. The zero-order valence-electron chi connectivity index (χ0n) is 16.8. The molecule has 1 aliphatic heterocycles. The van der Waals surface area contributed by atoms with E-state index in [2.05, 4.69) is 13.8 Å². The molecule has 0 aromatic heterocycles. The van der Waals surface area contributed by atoms with Crippen molar-refractivity contribution >= 4 is 5.78 Å². The van der Waals surface area contributed by atoms with Crippen LogP contribution in [0.1, 0.15) is 40.5 Å².